The molecular weight excluding hydrogens is 530 g/mol. The normalized spacial score (nSPS) is 20.9. The lowest BCUT2D eigenvalue weighted by atomic mass is 9.75. The Morgan fingerprint density at radius 2 is 1.16 bits per heavy atom. The van der Waals surface area contributed by atoms with Crippen molar-refractivity contribution in [3.05, 3.63) is 173 Å². The highest BCUT2D eigenvalue weighted by atomic mass is 16.5. The number of piperidine rings is 1. The molecule has 1 saturated heterocycles. The molecule has 5 aromatic carbocycles. The topological polar surface area (TPSA) is 41.9 Å². The Labute approximate surface area is 255 Å². The van der Waals surface area contributed by atoms with Gasteiger partial charge in [0.05, 0.1) is 7.11 Å². The second kappa shape index (κ2) is 12.6. The van der Waals surface area contributed by atoms with Gasteiger partial charge in [-0.2, -0.15) is 0 Å². The van der Waals surface area contributed by atoms with Crippen LogP contribution in [0.2, 0.25) is 0 Å². The van der Waals surface area contributed by atoms with Crippen LogP contribution >= 0.6 is 0 Å². The molecule has 43 heavy (non-hydrogen) atoms. The zero-order chi connectivity index (χ0) is 29.7. The summed E-state index contributed by atoms with van der Waals surface area (Å²) in [6.45, 7) is 3.69. The first kappa shape index (κ1) is 28.9. The number of benzene rings is 5. The molecule has 1 N–H and O–H groups in total. The first-order valence-electron chi connectivity index (χ1n) is 15.0. The van der Waals surface area contributed by atoms with Gasteiger partial charge in [0.1, 0.15) is 23.1 Å². The Balaban J connectivity index is 1.53. The maximum Gasteiger partial charge on any atom is 0.144 e. The zero-order valence-corrected chi connectivity index (χ0v) is 24.8. The van der Waals surface area contributed by atoms with Crippen LogP contribution < -0.4 is 4.74 Å². The molecule has 4 heteroatoms. The minimum atomic E-state index is -1.25. The fraction of sp³-hybridized carbons (Fsp3) is 0.231. The summed E-state index contributed by atoms with van der Waals surface area (Å²) in [5.74, 6) is 0.756. The summed E-state index contributed by atoms with van der Waals surface area (Å²) in [7, 11) is 1.66. The second-order valence-corrected chi connectivity index (χ2v) is 11.4. The van der Waals surface area contributed by atoms with Gasteiger partial charge in [-0.05, 0) is 53.3 Å². The molecule has 0 radical (unpaired) electrons. The molecular formula is C39H39NO3. The SMILES string of the molecule is COc1ccc(C2(O)CCN(Cc3ccccc3)C(C)C2OC(c2ccccc2)(c2ccccc2)c2ccccc2)cc1. The summed E-state index contributed by atoms with van der Waals surface area (Å²) >= 11 is 0. The highest BCUT2D eigenvalue weighted by Crippen LogP contribution is 2.47. The first-order chi connectivity index (χ1) is 21.0. The van der Waals surface area contributed by atoms with Crippen LogP contribution in [0.5, 0.6) is 5.75 Å². The number of likely N-dealkylation sites (tertiary alicyclic amines) is 1. The van der Waals surface area contributed by atoms with E-state index in [4.69, 9.17) is 9.47 Å². The Morgan fingerprint density at radius 3 is 1.63 bits per heavy atom. The molecule has 0 aromatic heterocycles. The molecule has 1 fully saturated rings. The van der Waals surface area contributed by atoms with Crippen molar-refractivity contribution in [3.8, 4) is 5.75 Å². The van der Waals surface area contributed by atoms with Gasteiger partial charge in [-0.15, -0.1) is 0 Å². The van der Waals surface area contributed by atoms with Gasteiger partial charge in [0, 0.05) is 19.1 Å². The molecule has 1 aliphatic heterocycles. The fourth-order valence-electron chi connectivity index (χ4n) is 6.59. The molecule has 6 rings (SSSR count). The molecule has 0 saturated carbocycles. The smallest absolute Gasteiger partial charge is 0.144 e. The van der Waals surface area contributed by atoms with E-state index >= 15 is 0 Å². The van der Waals surface area contributed by atoms with Crippen molar-refractivity contribution < 1.29 is 14.6 Å². The quantitative estimate of drug-likeness (QED) is 0.186. The van der Waals surface area contributed by atoms with Crippen LogP contribution in [-0.4, -0.2) is 35.8 Å². The van der Waals surface area contributed by atoms with Crippen molar-refractivity contribution >= 4 is 0 Å². The minimum absolute atomic E-state index is 0.114. The first-order valence-corrected chi connectivity index (χ1v) is 15.0. The monoisotopic (exact) mass is 569 g/mol. The van der Waals surface area contributed by atoms with Crippen molar-refractivity contribution in [1.29, 1.82) is 0 Å². The van der Waals surface area contributed by atoms with Crippen LogP contribution in [0.25, 0.3) is 0 Å². The Bertz CT molecular complexity index is 1480. The van der Waals surface area contributed by atoms with Crippen LogP contribution in [0, 0.1) is 0 Å². The minimum Gasteiger partial charge on any atom is -0.497 e. The van der Waals surface area contributed by atoms with Crippen LogP contribution in [0.4, 0.5) is 0 Å². The summed E-state index contributed by atoms with van der Waals surface area (Å²) in [5, 5.41) is 12.8. The molecule has 5 aromatic rings. The van der Waals surface area contributed by atoms with Crippen LogP contribution in [0.1, 0.15) is 41.2 Å². The predicted molar refractivity (Wildman–Crippen MR) is 172 cm³/mol. The summed E-state index contributed by atoms with van der Waals surface area (Å²) in [6.07, 6.45) is -0.0609. The maximum absolute atomic E-state index is 12.8. The standard InChI is InChI=1S/C39H39NO3/c1-30-37(38(41,32-23-25-36(42-2)26-24-32)27-28-40(30)29-31-15-7-3-8-16-31)43-39(33-17-9-4-10-18-33,34-19-11-5-12-20-34)35-21-13-6-14-22-35/h3-26,30,37,41H,27-29H2,1-2H3. The van der Waals surface area contributed by atoms with Gasteiger partial charge in [0.25, 0.3) is 0 Å². The molecule has 0 spiro atoms. The van der Waals surface area contributed by atoms with E-state index in [1.165, 1.54) is 5.56 Å². The number of methoxy groups -OCH3 is 1. The lowest BCUT2D eigenvalue weighted by Gasteiger charge is -2.52. The zero-order valence-electron chi connectivity index (χ0n) is 24.8. The third-order valence-corrected chi connectivity index (χ3v) is 8.93. The summed E-state index contributed by atoms with van der Waals surface area (Å²) in [5.41, 5.74) is 2.88. The van der Waals surface area contributed by atoms with Crippen molar-refractivity contribution in [1.82, 2.24) is 4.90 Å². The molecule has 1 heterocycles. The summed E-state index contributed by atoms with van der Waals surface area (Å²) in [4.78, 5) is 2.43. The summed E-state index contributed by atoms with van der Waals surface area (Å²) < 4.78 is 13.1. The molecule has 1 aliphatic rings. The number of ether oxygens (including phenoxy) is 2. The number of nitrogens with zero attached hydrogens (tertiary/aromatic N) is 1. The van der Waals surface area contributed by atoms with E-state index < -0.39 is 17.3 Å². The third-order valence-electron chi connectivity index (χ3n) is 8.93. The van der Waals surface area contributed by atoms with Gasteiger partial charge in [0.15, 0.2) is 0 Å². The highest BCUT2D eigenvalue weighted by Gasteiger charge is 2.52. The number of hydrogen-bond donors (Lipinski definition) is 1. The van der Waals surface area contributed by atoms with E-state index in [2.05, 4.69) is 109 Å². The van der Waals surface area contributed by atoms with E-state index in [0.29, 0.717) is 6.42 Å². The van der Waals surface area contributed by atoms with E-state index in [1.807, 2.05) is 48.5 Å². The van der Waals surface area contributed by atoms with E-state index in [0.717, 1.165) is 41.1 Å². The Morgan fingerprint density at radius 1 is 0.698 bits per heavy atom. The summed E-state index contributed by atoms with van der Waals surface area (Å²) in [6, 6.07) is 49.4. The number of aliphatic hydroxyl groups is 1. The van der Waals surface area contributed by atoms with E-state index in [1.54, 1.807) is 7.11 Å². The van der Waals surface area contributed by atoms with Gasteiger partial charge in [-0.3, -0.25) is 4.90 Å². The van der Waals surface area contributed by atoms with Crippen molar-refractivity contribution in [2.75, 3.05) is 13.7 Å². The van der Waals surface area contributed by atoms with Crippen molar-refractivity contribution in [3.63, 3.8) is 0 Å². The third kappa shape index (κ3) is 5.62. The van der Waals surface area contributed by atoms with Crippen molar-refractivity contribution in [2.45, 2.75) is 43.2 Å². The van der Waals surface area contributed by atoms with Gasteiger partial charge in [-0.25, -0.2) is 0 Å². The lowest BCUT2D eigenvalue weighted by Crippen LogP contribution is -2.61. The van der Waals surface area contributed by atoms with Gasteiger partial charge in [0.2, 0.25) is 0 Å². The highest BCUT2D eigenvalue weighted by molar-refractivity contribution is 5.48. The van der Waals surface area contributed by atoms with Crippen LogP contribution in [-0.2, 0) is 22.5 Å². The molecule has 3 unspecified atom stereocenters. The largest absolute Gasteiger partial charge is 0.497 e. The van der Waals surface area contributed by atoms with E-state index in [9.17, 15) is 5.11 Å². The lowest BCUT2D eigenvalue weighted by molar-refractivity contribution is -0.207. The fourth-order valence-corrected chi connectivity index (χ4v) is 6.59. The van der Waals surface area contributed by atoms with Gasteiger partial charge >= 0.3 is 0 Å². The van der Waals surface area contributed by atoms with E-state index in [-0.39, 0.29) is 6.04 Å². The maximum atomic E-state index is 12.8. The predicted octanol–water partition coefficient (Wildman–Crippen LogP) is 7.55. The second-order valence-electron chi connectivity index (χ2n) is 11.4. The molecule has 3 atom stereocenters. The Hall–Kier alpha value is -4.22. The van der Waals surface area contributed by atoms with Crippen LogP contribution in [0.3, 0.4) is 0 Å². The van der Waals surface area contributed by atoms with Gasteiger partial charge in [-0.1, -0.05) is 133 Å². The Kier molecular flexibility index (Phi) is 8.44. The van der Waals surface area contributed by atoms with Gasteiger partial charge < -0.3 is 14.6 Å². The number of rotatable bonds is 9. The molecule has 218 valence electrons. The molecule has 0 bridgehead atoms. The molecule has 0 amide bonds. The number of hydrogen-bond acceptors (Lipinski definition) is 4. The molecule has 4 nitrogen and oxygen atoms in total. The molecule has 0 aliphatic carbocycles. The van der Waals surface area contributed by atoms with Crippen molar-refractivity contribution in [2.24, 2.45) is 0 Å². The average molecular weight is 570 g/mol. The van der Waals surface area contributed by atoms with Crippen LogP contribution in [0.15, 0.2) is 146 Å². The average Bonchev–Trinajstić information content (AvgIpc) is 3.08.